The Balaban J connectivity index is 1.13. The largest absolute Gasteiger partial charge is 0.485 e. The van der Waals surface area contributed by atoms with Crippen molar-refractivity contribution in [3.8, 4) is 5.75 Å². The predicted octanol–water partition coefficient (Wildman–Crippen LogP) is 3.26. The maximum Gasteiger partial charge on any atom is 0.183 e. The third-order valence-corrected chi connectivity index (χ3v) is 7.52. The van der Waals surface area contributed by atoms with Gasteiger partial charge in [0.15, 0.2) is 17.0 Å². The van der Waals surface area contributed by atoms with Crippen LogP contribution >= 0.6 is 0 Å². The van der Waals surface area contributed by atoms with Gasteiger partial charge in [0.25, 0.3) is 0 Å². The van der Waals surface area contributed by atoms with Crippen LogP contribution in [0.15, 0.2) is 48.8 Å². The first-order valence-electron chi connectivity index (χ1n) is 11.9. The van der Waals surface area contributed by atoms with E-state index < -0.39 is 0 Å². The number of aryl methyl sites for hydroxylation is 1. The van der Waals surface area contributed by atoms with E-state index in [4.69, 9.17) is 20.4 Å². The van der Waals surface area contributed by atoms with E-state index in [0.717, 1.165) is 85.2 Å². The number of aromatic nitrogens is 5. The second-order valence-electron chi connectivity index (χ2n) is 9.37. The van der Waals surface area contributed by atoms with E-state index in [1.165, 1.54) is 0 Å². The molecule has 1 atom stereocenters. The molecule has 1 spiro atoms. The molecule has 3 aliphatic heterocycles. The first kappa shape index (κ1) is 19.7. The van der Waals surface area contributed by atoms with Crippen LogP contribution in [0.25, 0.3) is 11.2 Å². The number of pyridine rings is 1. The first-order valence-corrected chi connectivity index (χ1v) is 11.9. The second-order valence-corrected chi connectivity index (χ2v) is 9.37. The summed E-state index contributed by atoms with van der Waals surface area (Å²) in [5.74, 6) is 2.58. The molecular formula is C25H26N8O. The molecule has 3 aromatic heterocycles. The van der Waals surface area contributed by atoms with Gasteiger partial charge < -0.3 is 20.3 Å². The summed E-state index contributed by atoms with van der Waals surface area (Å²) in [6, 6.07) is 12.1. The zero-order chi connectivity index (χ0) is 22.7. The average Bonchev–Trinajstić information content (AvgIpc) is 3.43. The summed E-state index contributed by atoms with van der Waals surface area (Å²) in [5.41, 5.74) is 11.1. The number of nitrogens with zero attached hydrogens (tertiary/aromatic N) is 6. The number of rotatable bonds is 2. The van der Waals surface area contributed by atoms with Crippen LogP contribution in [-0.4, -0.2) is 50.4 Å². The van der Waals surface area contributed by atoms with E-state index in [1.54, 1.807) is 0 Å². The zero-order valence-electron chi connectivity index (χ0n) is 18.8. The third-order valence-electron chi connectivity index (χ3n) is 7.52. The lowest BCUT2D eigenvalue weighted by Crippen LogP contribution is -2.51. The van der Waals surface area contributed by atoms with Crippen molar-refractivity contribution in [2.24, 2.45) is 5.73 Å². The summed E-state index contributed by atoms with van der Waals surface area (Å²) in [7, 11) is 0. The number of nitrogens with two attached hydrogens (primary N) is 1. The molecule has 172 valence electrons. The highest BCUT2D eigenvalue weighted by Gasteiger charge is 2.48. The molecule has 4 aromatic rings. The number of ether oxygens (including phenoxy) is 1. The van der Waals surface area contributed by atoms with Crippen molar-refractivity contribution >= 4 is 28.5 Å². The Morgan fingerprint density at radius 1 is 1.06 bits per heavy atom. The molecule has 1 fully saturated rings. The van der Waals surface area contributed by atoms with Gasteiger partial charge in [-0.3, -0.25) is 10.1 Å². The number of hydrogen-bond acceptors (Lipinski definition) is 8. The average molecular weight is 455 g/mol. The fourth-order valence-electron chi connectivity index (χ4n) is 5.66. The molecule has 0 aliphatic carbocycles. The maximum atomic E-state index is 6.63. The molecule has 0 radical (unpaired) electrons. The van der Waals surface area contributed by atoms with Crippen LogP contribution in [0.2, 0.25) is 0 Å². The number of anilines is 3. The van der Waals surface area contributed by atoms with Gasteiger partial charge in [-0.1, -0.05) is 18.2 Å². The summed E-state index contributed by atoms with van der Waals surface area (Å²) < 4.78 is 6.39. The molecule has 0 unspecified atom stereocenters. The number of aromatic amines is 1. The van der Waals surface area contributed by atoms with Gasteiger partial charge in [0.2, 0.25) is 0 Å². The van der Waals surface area contributed by atoms with E-state index in [2.05, 4.69) is 37.1 Å². The van der Waals surface area contributed by atoms with Crippen molar-refractivity contribution in [2.45, 2.75) is 37.3 Å². The minimum Gasteiger partial charge on any atom is -0.485 e. The van der Waals surface area contributed by atoms with Gasteiger partial charge in [0, 0.05) is 44.2 Å². The van der Waals surface area contributed by atoms with Crippen molar-refractivity contribution in [3.05, 3.63) is 60.0 Å². The van der Waals surface area contributed by atoms with E-state index >= 15 is 0 Å². The van der Waals surface area contributed by atoms with Crippen LogP contribution in [0.1, 0.15) is 36.6 Å². The number of nitrogens with one attached hydrogen (secondary N) is 1. The molecule has 1 saturated heterocycles. The number of H-pyrrole nitrogens is 1. The van der Waals surface area contributed by atoms with Gasteiger partial charge in [0.1, 0.15) is 17.2 Å². The van der Waals surface area contributed by atoms with Crippen LogP contribution in [-0.2, 0) is 6.42 Å². The fraction of sp³-hybridized carbons (Fsp3) is 0.360. The molecule has 6 heterocycles. The number of benzene rings is 1. The highest BCUT2D eigenvalue weighted by Crippen LogP contribution is 2.47. The van der Waals surface area contributed by atoms with Crippen LogP contribution in [0, 0.1) is 0 Å². The van der Waals surface area contributed by atoms with Gasteiger partial charge in [-0.2, -0.15) is 5.10 Å². The maximum absolute atomic E-state index is 6.63. The molecule has 0 amide bonds. The minimum absolute atomic E-state index is 0.100. The molecule has 3 aliphatic rings. The highest BCUT2D eigenvalue weighted by molar-refractivity contribution is 5.87. The highest BCUT2D eigenvalue weighted by atomic mass is 16.5. The first-order chi connectivity index (χ1) is 16.7. The summed E-state index contributed by atoms with van der Waals surface area (Å²) in [6.07, 6.45) is 7.41. The van der Waals surface area contributed by atoms with Crippen molar-refractivity contribution in [1.82, 2.24) is 25.1 Å². The summed E-state index contributed by atoms with van der Waals surface area (Å²) in [5, 5.41) is 7.69. The molecule has 7 rings (SSSR count). The SMILES string of the molecule is N[C@H]1c2ccccc2OC12CCN(c1cnc3c(N4CCCc5ncccc54)n[nH]c3n1)CC2. The van der Waals surface area contributed by atoms with Crippen LogP contribution in [0.4, 0.5) is 17.3 Å². The minimum atomic E-state index is -0.339. The lowest BCUT2D eigenvalue weighted by atomic mass is 9.83. The van der Waals surface area contributed by atoms with E-state index in [-0.39, 0.29) is 11.6 Å². The lowest BCUT2D eigenvalue weighted by molar-refractivity contribution is 0.0431. The topological polar surface area (TPSA) is 109 Å². The quantitative estimate of drug-likeness (QED) is 0.475. The Kier molecular flexibility index (Phi) is 4.29. The Bertz CT molecular complexity index is 1380. The normalized spacial score (nSPS) is 20.9. The van der Waals surface area contributed by atoms with E-state index in [9.17, 15) is 0 Å². The van der Waals surface area contributed by atoms with Gasteiger partial charge in [-0.15, -0.1) is 0 Å². The number of fused-ring (bicyclic) bond motifs is 3. The predicted molar refractivity (Wildman–Crippen MR) is 129 cm³/mol. The van der Waals surface area contributed by atoms with Crippen LogP contribution in [0.5, 0.6) is 5.75 Å². The zero-order valence-corrected chi connectivity index (χ0v) is 18.8. The standard InChI is InChI=1S/C25H26N8O/c26-22-16-5-1-2-8-19(16)34-25(22)9-13-32(14-10-25)20-15-28-21-23(29-20)30-31-24(21)33-12-4-6-17-18(33)7-3-11-27-17/h1-3,5,7-8,11,15,22H,4,6,9-10,12-14,26H2,(H,29,30,31)/t22-/m0/s1. The monoisotopic (exact) mass is 454 g/mol. The molecule has 1 aromatic carbocycles. The summed E-state index contributed by atoms with van der Waals surface area (Å²) in [4.78, 5) is 18.7. The van der Waals surface area contributed by atoms with Crippen molar-refractivity contribution in [1.29, 1.82) is 0 Å². The number of hydrogen-bond donors (Lipinski definition) is 2. The number of para-hydroxylation sites is 1. The molecule has 3 N–H and O–H groups in total. The van der Waals surface area contributed by atoms with Crippen LogP contribution < -0.4 is 20.3 Å². The van der Waals surface area contributed by atoms with Gasteiger partial charge in [0.05, 0.1) is 23.6 Å². The molecule has 34 heavy (non-hydrogen) atoms. The summed E-state index contributed by atoms with van der Waals surface area (Å²) >= 11 is 0. The van der Waals surface area contributed by atoms with E-state index in [0.29, 0.717) is 5.65 Å². The molecule has 0 bridgehead atoms. The van der Waals surface area contributed by atoms with Crippen molar-refractivity contribution in [2.75, 3.05) is 29.4 Å². The fourth-order valence-corrected chi connectivity index (χ4v) is 5.66. The molecule has 9 nitrogen and oxygen atoms in total. The summed E-state index contributed by atoms with van der Waals surface area (Å²) in [6.45, 7) is 2.51. The van der Waals surface area contributed by atoms with Crippen molar-refractivity contribution < 1.29 is 4.74 Å². The smallest absolute Gasteiger partial charge is 0.183 e. The number of piperidine rings is 1. The van der Waals surface area contributed by atoms with E-state index in [1.807, 2.05) is 36.7 Å². The third kappa shape index (κ3) is 2.89. The van der Waals surface area contributed by atoms with Gasteiger partial charge >= 0.3 is 0 Å². The molecular weight excluding hydrogens is 428 g/mol. The van der Waals surface area contributed by atoms with Crippen LogP contribution in [0.3, 0.4) is 0 Å². The van der Waals surface area contributed by atoms with Gasteiger partial charge in [-0.25, -0.2) is 9.97 Å². The Labute approximate surface area is 197 Å². The molecule has 9 heteroatoms. The Morgan fingerprint density at radius 3 is 2.82 bits per heavy atom. The second kappa shape index (κ2) is 7.39. The Hall–Kier alpha value is -3.72. The Morgan fingerprint density at radius 2 is 1.94 bits per heavy atom. The van der Waals surface area contributed by atoms with Gasteiger partial charge in [-0.05, 0) is 31.0 Å². The molecule has 0 saturated carbocycles. The van der Waals surface area contributed by atoms with Crippen molar-refractivity contribution in [3.63, 3.8) is 0 Å². The lowest BCUT2D eigenvalue weighted by Gasteiger charge is -2.41.